The second-order valence-electron chi connectivity index (χ2n) is 5.01. The summed E-state index contributed by atoms with van der Waals surface area (Å²) < 4.78 is 42.6. The van der Waals surface area contributed by atoms with Gasteiger partial charge in [0, 0.05) is 5.69 Å². The van der Waals surface area contributed by atoms with Gasteiger partial charge in [0.15, 0.2) is 6.61 Å². The van der Waals surface area contributed by atoms with Crippen molar-refractivity contribution in [1.29, 1.82) is 5.26 Å². The Morgan fingerprint density at radius 3 is 2.54 bits per heavy atom. The molecule has 9 heteroatoms. The average molecular weight is 383 g/mol. The molecule has 0 unspecified atom stereocenters. The van der Waals surface area contributed by atoms with Gasteiger partial charge in [0.1, 0.15) is 6.07 Å². The molecule has 0 heterocycles. The zero-order chi connectivity index (χ0) is 19.3. The van der Waals surface area contributed by atoms with E-state index in [1.165, 1.54) is 18.2 Å². The van der Waals surface area contributed by atoms with E-state index in [-0.39, 0.29) is 21.8 Å². The molecule has 5 nitrogen and oxygen atoms in total. The van der Waals surface area contributed by atoms with Crippen molar-refractivity contribution in [3.8, 4) is 6.07 Å². The summed E-state index contributed by atoms with van der Waals surface area (Å²) in [5, 5.41) is 11.3. The van der Waals surface area contributed by atoms with Crippen LogP contribution in [0.1, 0.15) is 21.5 Å². The molecule has 0 bridgehead atoms. The Morgan fingerprint density at radius 2 is 1.92 bits per heavy atom. The third-order valence-electron chi connectivity index (χ3n) is 3.13. The Balaban J connectivity index is 1.96. The lowest BCUT2D eigenvalue weighted by Crippen LogP contribution is -2.21. The van der Waals surface area contributed by atoms with Crippen LogP contribution < -0.4 is 5.32 Å². The predicted molar refractivity (Wildman–Crippen MR) is 86.5 cm³/mol. The second kappa shape index (κ2) is 7.89. The molecule has 0 atom stereocenters. The Kier molecular flexibility index (Phi) is 5.85. The summed E-state index contributed by atoms with van der Waals surface area (Å²) in [6.07, 6.45) is -4.59. The molecular weight excluding hydrogens is 373 g/mol. The average Bonchev–Trinajstić information content (AvgIpc) is 2.59. The highest BCUT2D eigenvalue weighted by Gasteiger charge is 2.31. The Bertz CT molecular complexity index is 892. The molecule has 0 aliphatic heterocycles. The zero-order valence-corrected chi connectivity index (χ0v) is 13.7. The summed E-state index contributed by atoms with van der Waals surface area (Å²) in [4.78, 5) is 23.6. The number of amides is 1. The van der Waals surface area contributed by atoms with Gasteiger partial charge in [-0.25, -0.2) is 4.79 Å². The van der Waals surface area contributed by atoms with Crippen LogP contribution in [0.4, 0.5) is 18.9 Å². The maximum atomic E-state index is 12.6. The van der Waals surface area contributed by atoms with Crippen molar-refractivity contribution >= 4 is 29.2 Å². The fraction of sp³-hybridized carbons (Fsp3) is 0.118. The minimum Gasteiger partial charge on any atom is -0.452 e. The number of ether oxygens (including phenoxy) is 1. The van der Waals surface area contributed by atoms with Crippen molar-refractivity contribution in [3.05, 3.63) is 64.2 Å². The van der Waals surface area contributed by atoms with Gasteiger partial charge in [-0.1, -0.05) is 17.7 Å². The number of benzene rings is 2. The molecule has 2 aromatic rings. The molecular formula is C17H10ClF3N2O3. The first-order chi connectivity index (χ1) is 12.2. The van der Waals surface area contributed by atoms with E-state index in [1.807, 2.05) is 6.07 Å². The molecule has 134 valence electrons. The Hall–Kier alpha value is -3.05. The molecule has 2 rings (SSSR count). The van der Waals surface area contributed by atoms with Crippen molar-refractivity contribution in [2.24, 2.45) is 0 Å². The number of nitrogens with zero attached hydrogens (tertiary/aromatic N) is 1. The summed E-state index contributed by atoms with van der Waals surface area (Å²) in [5.41, 5.74) is -0.826. The number of nitrogens with one attached hydrogen (secondary N) is 1. The molecule has 0 fully saturated rings. The molecule has 26 heavy (non-hydrogen) atoms. The molecule has 0 aromatic heterocycles. The number of halogens is 4. The van der Waals surface area contributed by atoms with E-state index in [0.717, 1.165) is 18.2 Å². The molecule has 2 aromatic carbocycles. The number of alkyl halides is 3. The van der Waals surface area contributed by atoms with Crippen LogP contribution in [0.15, 0.2) is 42.5 Å². The molecule has 1 N–H and O–H groups in total. The highest BCUT2D eigenvalue weighted by Crippen LogP contribution is 2.29. The highest BCUT2D eigenvalue weighted by atomic mass is 35.5. The monoisotopic (exact) mass is 382 g/mol. The van der Waals surface area contributed by atoms with Crippen LogP contribution in [0.5, 0.6) is 0 Å². The number of carbonyl (C=O) groups excluding carboxylic acids is 2. The molecule has 0 radical (unpaired) electrons. The van der Waals surface area contributed by atoms with Crippen LogP contribution in [0, 0.1) is 11.3 Å². The number of hydrogen-bond acceptors (Lipinski definition) is 4. The Labute approximate surface area is 150 Å². The molecule has 0 spiro atoms. The first kappa shape index (κ1) is 19.3. The van der Waals surface area contributed by atoms with Crippen LogP contribution in [-0.4, -0.2) is 18.5 Å². The lowest BCUT2D eigenvalue weighted by molar-refractivity contribution is -0.137. The van der Waals surface area contributed by atoms with Gasteiger partial charge in [0.25, 0.3) is 5.91 Å². The smallest absolute Gasteiger partial charge is 0.416 e. The van der Waals surface area contributed by atoms with E-state index in [4.69, 9.17) is 21.6 Å². The third-order valence-corrected chi connectivity index (χ3v) is 3.45. The van der Waals surface area contributed by atoms with Gasteiger partial charge in [0.2, 0.25) is 0 Å². The molecule has 0 aliphatic carbocycles. The first-order valence-corrected chi connectivity index (χ1v) is 7.42. The quantitative estimate of drug-likeness (QED) is 0.810. The Morgan fingerprint density at radius 1 is 1.19 bits per heavy atom. The van der Waals surface area contributed by atoms with E-state index < -0.39 is 30.2 Å². The molecule has 0 saturated heterocycles. The van der Waals surface area contributed by atoms with Crippen LogP contribution in [0.2, 0.25) is 5.02 Å². The number of hydrogen-bond donors (Lipinski definition) is 1. The van der Waals surface area contributed by atoms with Crippen LogP contribution >= 0.6 is 11.6 Å². The normalized spacial score (nSPS) is 10.7. The number of anilines is 1. The number of rotatable bonds is 4. The fourth-order valence-corrected chi connectivity index (χ4v) is 2.14. The van der Waals surface area contributed by atoms with Crippen LogP contribution in [-0.2, 0) is 15.7 Å². The summed E-state index contributed by atoms with van der Waals surface area (Å²) >= 11 is 5.82. The van der Waals surface area contributed by atoms with Gasteiger partial charge < -0.3 is 10.1 Å². The van der Waals surface area contributed by atoms with E-state index >= 15 is 0 Å². The largest absolute Gasteiger partial charge is 0.452 e. The molecule has 1 amide bonds. The zero-order valence-electron chi connectivity index (χ0n) is 12.9. The van der Waals surface area contributed by atoms with Crippen LogP contribution in [0.25, 0.3) is 0 Å². The minimum atomic E-state index is -4.59. The molecule has 0 saturated carbocycles. The number of nitriles is 1. The van der Waals surface area contributed by atoms with Gasteiger partial charge in [0.05, 0.1) is 21.7 Å². The SMILES string of the molecule is N#Cc1ccc(NC(=O)COC(=O)c2cccc(C(F)(F)F)c2)cc1Cl. The topological polar surface area (TPSA) is 79.2 Å². The predicted octanol–water partition coefficient (Wildman–Crippen LogP) is 4.03. The van der Waals surface area contributed by atoms with Crippen molar-refractivity contribution in [2.45, 2.75) is 6.18 Å². The van der Waals surface area contributed by atoms with E-state index in [1.54, 1.807) is 0 Å². The van der Waals surface area contributed by atoms with Gasteiger partial charge in [-0.2, -0.15) is 18.4 Å². The summed E-state index contributed by atoms with van der Waals surface area (Å²) in [7, 11) is 0. The highest BCUT2D eigenvalue weighted by molar-refractivity contribution is 6.32. The fourth-order valence-electron chi connectivity index (χ4n) is 1.92. The minimum absolute atomic E-state index is 0.131. The number of carbonyl (C=O) groups is 2. The maximum Gasteiger partial charge on any atom is 0.416 e. The number of esters is 1. The lowest BCUT2D eigenvalue weighted by atomic mass is 10.1. The van der Waals surface area contributed by atoms with E-state index in [2.05, 4.69) is 5.32 Å². The van der Waals surface area contributed by atoms with Gasteiger partial charge in [-0.3, -0.25) is 4.79 Å². The maximum absolute atomic E-state index is 12.6. The third kappa shape index (κ3) is 4.97. The van der Waals surface area contributed by atoms with Gasteiger partial charge in [-0.05, 0) is 36.4 Å². The lowest BCUT2D eigenvalue weighted by Gasteiger charge is -2.09. The van der Waals surface area contributed by atoms with Gasteiger partial charge >= 0.3 is 12.1 Å². The first-order valence-electron chi connectivity index (χ1n) is 7.04. The molecule has 0 aliphatic rings. The van der Waals surface area contributed by atoms with E-state index in [9.17, 15) is 22.8 Å². The van der Waals surface area contributed by atoms with Crippen molar-refractivity contribution in [2.75, 3.05) is 11.9 Å². The van der Waals surface area contributed by atoms with Crippen molar-refractivity contribution < 1.29 is 27.5 Å². The summed E-state index contributed by atoms with van der Waals surface area (Å²) in [6, 6.07) is 9.69. The van der Waals surface area contributed by atoms with Crippen molar-refractivity contribution in [1.82, 2.24) is 0 Å². The summed E-state index contributed by atoms with van der Waals surface area (Å²) in [5.74, 6) is -1.78. The summed E-state index contributed by atoms with van der Waals surface area (Å²) in [6.45, 7) is -0.702. The van der Waals surface area contributed by atoms with Crippen molar-refractivity contribution in [3.63, 3.8) is 0 Å². The van der Waals surface area contributed by atoms with Gasteiger partial charge in [-0.15, -0.1) is 0 Å². The van der Waals surface area contributed by atoms with E-state index in [0.29, 0.717) is 6.07 Å². The standard InChI is InChI=1S/C17H10ClF3N2O3/c18-14-7-13(5-4-11(14)8-22)23-15(24)9-26-16(25)10-2-1-3-12(6-10)17(19,20)21/h1-7H,9H2,(H,23,24). The second-order valence-corrected chi connectivity index (χ2v) is 5.42. The van der Waals surface area contributed by atoms with Crippen LogP contribution in [0.3, 0.4) is 0 Å².